The summed E-state index contributed by atoms with van der Waals surface area (Å²) in [7, 11) is 0. The molecule has 146 valence electrons. The quantitative estimate of drug-likeness (QED) is 0.727. The molecule has 2 aliphatic heterocycles. The van der Waals surface area contributed by atoms with Crippen LogP contribution in [0.1, 0.15) is 55.0 Å². The van der Waals surface area contributed by atoms with Crippen LogP contribution in [0.15, 0.2) is 18.2 Å². The molecule has 0 bridgehead atoms. The average Bonchev–Trinajstić information content (AvgIpc) is 2.99. The van der Waals surface area contributed by atoms with Crippen molar-refractivity contribution in [1.29, 1.82) is 0 Å². The molecular formula is C23H35N3O+2. The van der Waals surface area contributed by atoms with Gasteiger partial charge in [-0.1, -0.05) is 11.6 Å². The van der Waals surface area contributed by atoms with Gasteiger partial charge in [0.15, 0.2) is 6.10 Å². The van der Waals surface area contributed by atoms with Gasteiger partial charge in [0, 0.05) is 17.3 Å². The first-order valence-corrected chi connectivity index (χ1v) is 11.2. The second-order valence-electron chi connectivity index (χ2n) is 9.26. The third-order valence-electron chi connectivity index (χ3n) is 7.35. The van der Waals surface area contributed by atoms with Gasteiger partial charge in [-0.2, -0.15) is 0 Å². The zero-order valence-corrected chi connectivity index (χ0v) is 16.8. The molecule has 4 nitrogen and oxygen atoms in total. The number of benzene rings is 1. The Morgan fingerprint density at radius 1 is 1.11 bits per heavy atom. The van der Waals surface area contributed by atoms with Gasteiger partial charge >= 0.3 is 0 Å². The van der Waals surface area contributed by atoms with E-state index in [0.717, 1.165) is 26.2 Å². The molecule has 1 aliphatic carbocycles. The zero-order valence-electron chi connectivity index (χ0n) is 16.8. The molecule has 3 N–H and O–H groups in total. The van der Waals surface area contributed by atoms with Gasteiger partial charge < -0.3 is 19.5 Å². The van der Waals surface area contributed by atoms with Crippen LogP contribution in [-0.2, 0) is 13.0 Å². The monoisotopic (exact) mass is 369 g/mol. The van der Waals surface area contributed by atoms with Crippen molar-refractivity contribution in [3.8, 4) is 0 Å². The lowest BCUT2D eigenvalue weighted by Crippen LogP contribution is -3.18. The predicted octanol–water partition coefficient (Wildman–Crippen LogP) is 0.655. The highest BCUT2D eigenvalue weighted by atomic mass is 16.3. The number of quaternary nitrogens is 2. The van der Waals surface area contributed by atoms with Crippen LogP contribution in [0.5, 0.6) is 0 Å². The number of fused-ring (bicyclic) bond motifs is 3. The predicted molar refractivity (Wildman–Crippen MR) is 108 cm³/mol. The fraction of sp³-hybridized carbons (Fsp3) is 0.652. The Hall–Kier alpha value is -1.36. The summed E-state index contributed by atoms with van der Waals surface area (Å²) in [5.41, 5.74) is 6.02. The number of aryl methyl sites for hydroxylation is 2. The highest BCUT2D eigenvalue weighted by Gasteiger charge is 2.38. The van der Waals surface area contributed by atoms with Crippen LogP contribution in [0.4, 0.5) is 0 Å². The van der Waals surface area contributed by atoms with E-state index in [0.29, 0.717) is 6.04 Å². The van der Waals surface area contributed by atoms with E-state index in [1.165, 1.54) is 68.1 Å². The van der Waals surface area contributed by atoms with Gasteiger partial charge in [0.2, 0.25) is 0 Å². The fourth-order valence-electron chi connectivity index (χ4n) is 6.11. The number of likely N-dealkylation sites (tertiary alicyclic amines) is 1. The van der Waals surface area contributed by atoms with E-state index in [1.807, 2.05) is 0 Å². The first-order valence-electron chi connectivity index (χ1n) is 11.2. The highest BCUT2D eigenvalue weighted by Crippen LogP contribution is 2.37. The molecule has 0 spiro atoms. The van der Waals surface area contributed by atoms with Crippen LogP contribution in [0.2, 0.25) is 0 Å². The van der Waals surface area contributed by atoms with Gasteiger partial charge in [-0.25, -0.2) is 0 Å². The Labute approximate surface area is 162 Å². The van der Waals surface area contributed by atoms with Crippen LogP contribution in [0.25, 0.3) is 10.9 Å². The van der Waals surface area contributed by atoms with Crippen LogP contribution in [0.3, 0.4) is 0 Å². The molecule has 1 saturated heterocycles. The van der Waals surface area contributed by atoms with Crippen LogP contribution in [-0.4, -0.2) is 48.5 Å². The van der Waals surface area contributed by atoms with E-state index in [1.54, 1.807) is 21.1 Å². The van der Waals surface area contributed by atoms with Crippen LogP contribution in [0, 0.1) is 6.92 Å². The summed E-state index contributed by atoms with van der Waals surface area (Å²) in [5.74, 6) is 0. The van der Waals surface area contributed by atoms with Gasteiger partial charge in [-0.15, -0.1) is 0 Å². The summed E-state index contributed by atoms with van der Waals surface area (Å²) in [6.07, 6.45) is 7.70. The molecule has 0 radical (unpaired) electrons. The summed E-state index contributed by atoms with van der Waals surface area (Å²) in [6, 6.07) is 7.57. The zero-order chi connectivity index (χ0) is 18.4. The molecule has 5 rings (SSSR count). The SMILES string of the molecule is Cc1ccc2c(c1)c1c3n2CC[NH+](C[C@H](O)C[NH+]2CCCCC2)[C@@H]3CCC1. The third-order valence-corrected chi connectivity index (χ3v) is 7.35. The molecule has 1 fully saturated rings. The minimum absolute atomic E-state index is 0.156. The van der Waals surface area contributed by atoms with Gasteiger partial charge in [0.25, 0.3) is 0 Å². The summed E-state index contributed by atoms with van der Waals surface area (Å²) < 4.78 is 2.61. The van der Waals surface area contributed by atoms with E-state index < -0.39 is 0 Å². The number of nitrogens with one attached hydrogen (secondary N) is 2. The normalized spacial score (nSPS) is 26.9. The molecule has 1 aromatic carbocycles. The van der Waals surface area contributed by atoms with Crippen molar-refractivity contribution < 1.29 is 14.9 Å². The number of aromatic nitrogens is 1. The molecule has 4 heteroatoms. The molecule has 3 heterocycles. The lowest BCUT2D eigenvalue weighted by molar-refractivity contribution is -0.950. The van der Waals surface area contributed by atoms with E-state index in [4.69, 9.17) is 0 Å². The van der Waals surface area contributed by atoms with Gasteiger partial charge in [-0.05, 0) is 56.7 Å². The smallest absolute Gasteiger partial charge is 0.152 e. The molecule has 27 heavy (non-hydrogen) atoms. The van der Waals surface area contributed by atoms with Crippen molar-refractivity contribution in [3.05, 3.63) is 35.0 Å². The second kappa shape index (κ2) is 7.23. The topological polar surface area (TPSA) is 34.0 Å². The number of aliphatic hydroxyl groups is 1. The van der Waals surface area contributed by atoms with Crippen molar-refractivity contribution in [2.24, 2.45) is 0 Å². The third kappa shape index (κ3) is 3.22. The fourth-order valence-corrected chi connectivity index (χ4v) is 6.11. The highest BCUT2D eigenvalue weighted by molar-refractivity contribution is 5.86. The molecule has 3 aliphatic rings. The van der Waals surface area contributed by atoms with Gasteiger partial charge in [0.05, 0.1) is 31.9 Å². The summed E-state index contributed by atoms with van der Waals surface area (Å²) >= 11 is 0. The minimum atomic E-state index is -0.156. The van der Waals surface area contributed by atoms with E-state index in [-0.39, 0.29) is 6.10 Å². The van der Waals surface area contributed by atoms with Crippen molar-refractivity contribution in [2.45, 2.75) is 64.1 Å². The maximum atomic E-state index is 10.8. The van der Waals surface area contributed by atoms with Crippen molar-refractivity contribution in [3.63, 3.8) is 0 Å². The molecular weight excluding hydrogens is 334 g/mol. The van der Waals surface area contributed by atoms with E-state index in [2.05, 4.69) is 29.7 Å². The molecule has 2 aromatic rings. The Morgan fingerprint density at radius 2 is 1.96 bits per heavy atom. The summed E-state index contributed by atoms with van der Waals surface area (Å²) in [4.78, 5) is 3.26. The number of nitrogens with zero attached hydrogens (tertiary/aromatic N) is 1. The first-order chi connectivity index (χ1) is 13.2. The molecule has 1 unspecified atom stereocenters. The van der Waals surface area contributed by atoms with Crippen molar-refractivity contribution in [1.82, 2.24) is 4.57 Å². The van der Waals surface area contributed by atoms with E-state index in [9.17, 15) is 5.11 Å². The number of hydrogen-bond acceptors (Lipinski definition) is 1. The lowest BCUT2D eigenvalue weighted by atomic mass is 9.89. The van der Waals surface area contributed by atoms with Gasteiger partial charge in [0.1, 0.15) is 19.1 Å². The molecule has 3 atom stereocenters. The maximum absolute atomic E-state index is 10.8. The van der Waals surface area contributed by atoms with Gasteiger partial charge in [-0.3, -0.25) is 0 Å². The second-order valence-corrected chi connectivity index (χ2v) is 9.26. The Bertz CT molecular complexity index is 821. The number of piperidine rings is 1. The van der Waals surface area contributed by atoms with Crippen LogP contribution < -0.4 is 9.80 Å². The number of hydrogen-bond donors (Lipinski definition) is 3. The number of aliphatic hydroxyl groups excluding tert-OH is 1. The first kappa shape index (κ1) is 17.7. The Kier molecular flexibility index (Phi) is 4.75. The minimum Gasteiger partial charge on any atom is -0.382 e. The van der Waals surface area contributed by atoms with Crippen molar-refractivity contribution >= 4 is 10.9 Å². The maximum Gasteiger partial charge on any atom is 0.152 e. The standard InChI is InChI=1S/C23H33N3O/c1-17-8-9-21-20(14-17)19-6-5-7-22-23(19)26(21)13-12-25(22)16-18(27)15-24-10-3-2-4-11-24/h8-9,14,18,22,27H,2-7,10-13,15-16H2,1H3/p+2/t18-,22-/m1/s1. The number of rotatable bonds is 4. The summed E-state index contributed by atoms with van der Waals surface area (Å²) in [6.45, 7) is 8.85. The molecule has 1 aromatic heterocycles. The average molecular weight is 370 g/mol. The lowest BCUT2D eigenvalue weighted by Gasteiger charge is -2.38. The largest absolute Gasteiger partial charge is 0.382 e. The summed E-state index contributed by atoms with van der Waals surface area (Å²) in [5, 5.41) is 12.3. The van der Waals surface area contributed by atoms with Crippen molar-refractivity contribution in [2.75, 3.05) is 32.7 Å². The molecule has 0 amide bonds. The Balaban J connectivity index is 1.38. The van der Waals surface area contributed by atoms with Crippen LogP contribution >= 0.6 is 0 Å². The Morgan fingerprint density at radius 3 is 2.81 bits per heavy atom. The van der Waals surface area contributed by atoms with E-state index >= 15 is 0 Å². The molecule has 0 saturated carbocycles.